The maximum atomic E-state index is 6.25. The summed E-state index contributed by atoms with van der Waals surface area (Å²) in [5.74, 6) is 1.71. The molecule has 2 aromatic carbocycles. The van der Waals surface area contributed by atoms with E-state index in [1.165, 1.54) is 5.69 Å². The average molecular weight is 331 g/mol. The molecule has 0 fully saturated rings. The second-order valence-electron chi connectivity index (χ2n) is 6.17. The Hall–Kier alpha value is -2.94. The standard InChI is InChI=1S/C22H21NO2/c1-4-23(5-2)17-7-9-19-21(13-17)25-20-12-15(3)6-8-18(20)22(19)16-10-11-24-14-16/h6-14H,3-5H2,1-2H3. The van der Waals surface area contributed by atoms with Gasteiger partial charge in [-0.1, -0.05) is 18.7 Å². The van der Waals surface area contributed by atoms with Crippen molar-refractivity contribution in [1.29, 1.82) is 0 Å². The van der Waals surface area contributed by atoms with Gasteiger partial charge in [0.05, 0.1) is 12.5 Å². The second-order valence-corrected chi connectivity index (χ2v) is 6.17. The van der Waals surface area contributed by atoms with Crippen molar-refractivity contribution in [2.75, 3.05) is 18.0 Å². The fourth-order valence-corrected chi connectivity index (χ4v) is 3.43. The Kier molecular flexibility index (Phi) is 3.85. The zero-order chi connectivity index (χ0) is 17.4. The zero-order valence-electron chi connectivity index (χ0n) is 14.6. The first-order valence-electron chi connectivity index (χ1n) is 8.64. The third kappa shape index (κ3) is 2.62. The molecule has 0 saturated heterocycles. The van der Waals surface area contributed by atoms with Gasteiger partial charge in [-0.3, -0.25) is 0 Å². The lowest BCUT2D eigenvalue weighted by atomic mass is 9.94. The predicted octanol–water partition coefficient (Wildman–Crippen LogP) is 3.89. The van der Waals surface area contributed by atoms with Crippen LogP contribution in [0.4, 0.5) is 5.69 Å². The SMILES string of the molecule is C=c1ccc2c(c1)Oc1cc(N(CC)CC)ccc1C=2c1ccoc1. The summed E-state index contributed by atoms with van der Waals surface area (Å²) in [7, 11) is 0. The van der Waals surface area contributed by atoms with Crippen LogP contribution in [-0.4, -0.2) is 13.1 Å². The molecule has 1 aromatic heterocycles. The van der Waals surface area contributed by atoms with E-state index in [0.29, 0.717) is 0 Å². The van der Waals surface area contributed by atoms with Gasteiger partial charge < -0.3 is 14.1 Å². The summed E-state index contributed by atoms with van der Waals surface area (Å²) in [4.78, 5) is 2.31. The highest BCUT2D eigenvalue weighted by atomic mass is 16.5. The number of anilines is 1. The minimum Gasteiger partial charge on any atom is -0.472 e. The number of fused-ring (bicyclic) bond motifs is 2. The van der Waals surface area contributed by atoms with E-state index >= 15 is 0 Å². The molecule has 1 aliphatic heterocycles. The molecule has 126 valence electrons. The van der Waals surface area contributed by atoms with Gasteiger partial charge in [0, 0.05) is 46.8 Å². The van der Waals surface area contributed by atoms with E-state index in [1.807, 2.05) is 18.2 Å². The number of ether oxygens (including phenoxy) is 1. The van der Waals surface area contributed by atoms with E-state index in [0.717, 1.165) is 51.7 Å². The van der Waals surface area contributed by atoms with Gasteiger partial charge in [-0.05, 0) is 43.3 Å². The first-order valence-corrected chi connectivity index (χ1v) is 8.64. The van der Waals surface area contributed by atoms with Crippen molar-refractivity contribution in [3.8, 4) is 11.5 Å². The van der Waals surface area contributed by atoms with Crippen LogP contribution in [0.5, 0.6) is 11.5 Å². The lowest BCUT2D eigenvalue weighted by Gasteiger charge is -2.25. The summed E-state index contributed by atoms with van der Waals surface area (Å²) in [6, 6.07) is 14.5. The van der Waals surface area contributed by atoms with Crippen molar-refractivity contribution >= 4 is 17.8 Å². The van der Waals surface area contributed by atoms with Crippen molar-refractivity contribution in [1.82, 2.24) is 0 Å². The molecule has 0 radical (unpaired) electrons. The Balaban J connectivity index is 1.98. The summed E-state index contributed by atoms with van der Waals surface area (Å²) in [6.45, 7) is 10.3. The van der Waals surface area contributed by atoms with Gasteiger partial charge >= 0.3 is 0 Å². The largest absolute Gasteiger partial charge is 0.472 e. The van der Waals surface area contributed by atoms with Crippen molar-refractivity contribution in [3.05, 3.63) is 76.6 Å². The maximum absolute atomic E-state index is 6.25. The van der Waals surface area contributed by atoms with Crippen LogP contribution in [0.3, 0.4) is 0 Å². The number of rotatable bonds is 4. The fraction of sp³-hybridized carbons (Fsp3) is 0.182. The highest BCUT2D eigenvalue weighted by Crippen LogP contribution is 2.38. The quantitative estimate of drug-likeness (QED) is 0.567. The molecule has 4 rings (SSSR count). The number of benzene rings is 2. The normalized spacial score (nSPS) is 12.3. The molecule has 0 amide bonds. The molecule has 3 nitrogen and oxygen atoms in total. The van der Waals surface area contributed by atoms with Crippen LogP contribution in [0.15, 0.2) is 59.4 Å². The Morgan fingerprint density at radius 2 is 1.80 bits per heavy atom. The van der Waals surface area contributed by atoms with Gasteiger partial charge in [-0.15, -0.1) is 0 Å². The van der Waals surface area contributed by atoms with Gasteiger partial charge in [-0.2, -0.15) is 0 Å². The average Bonchev–Trinajstić information content (AvgIpc) is 3.14. The van der Waals surface area contributed by atoms with Gasteiger partial charge in [0.2, 0.25) is 0 Å². The summed E-state index contributed by atoms with van der Waals surface area (Å²) >= 11 is 0. The fourth-order valence-electron chi connectivity index (χ4n) is 3.43. The van der Waals surface area contributed by atoms with E-state index in [2.05, 4.69) is 49.6 Å². The van der Waals surface area contributed by atoms with Crippen LogP contribution in [0.2, 0.25) is 0 Å². The van der Waals surface area contributed by atoms with Crippen molar-refractivity contribution < 1.29 is 9.15 Å². The first-order chi connectivity index (χ1) is 12.2. The number of hydrogen-bond donors (Lipinski definition) is 0. The zero-order valence-corrected chi connectivity index (χ0v) is 14.6. The number of hydrogen-bond acceptors (Lipinski definition) is 3. The van der Waals surface area contributed by atoms with Crippen LogP contribution in [0.1, 0.15) is 25.0 Å². The molecule has 3 heteroatoms. The minimum absolute atomic E-state index is 0.841. The molecule has 1 aliphatic rings. The first kappa shape index (κ1) is 15.6. The summed E-state index contributed by atoms with van der Waals surface area (Å²) < 4.78 is 11.6. The molecule has 0 unspecified atom stereocenters. The van der Waals surface area contributed by atoms with E-state index in [4.69, 9.17) is 9.15 Å². The Bertz CT molecular complexity index is 1010. The van der Waals surface area contributed by atoms with E-state index in [1.54, 1.807) is 12.5 Å². The molecule has 0 bridgehead atoms. The molecule has 0 saturated carbocycles. The molecule has 25 heavy (non-hydrogen) atoms. The van der Waals surface area contributed by atoms with Crippen molar-refractivity contribution in [2.45, 2.75) is 13.8 Å². The van der Waals surface area contributed by atoms with E-state index in [-0.39, 0.29) is 0 Å². The lowest BCUT2D eigenvalue weighted by molar-refractivity contribution is 0.472. The molecular formula is C22H21NO2. The Morgan fingerprint density at radius 3 is 2.52 bits per heavy atom. The molecule has 0 spiro atoms. The molecule has 0 atom stereocenters. The monoisotopic (exact) mass is 331 g/mol. The third-order valence-electron chi connectivity index (χ3n) is 4.71. The lowest BCUT2D eigenvalue weighted by Crippen LogP contribution is -2.23. The van der Waals surface area contributed by atoms with Gasteiger partial charge in [-0.25, -0.2) is 0 Å². The molecule has 2 heterocycles. The third-order valence-corrected chi connectivity index (χ3v) is 4.71. The topological polar surface area (TPSA) is 25.6 Å². The minimum atomic E-state index is 0.841. The molecule has 3 aromatic rings. The summed E-state index contributed by atoms with van der Waals surface area (Å²) in [5, 5.41) is 2.01. The van der Waals surface area contributed by atoms with Crippen LogP contribution < -0.4 is 20.1 Å². The van der Waals surface area contributed by atoms with Gasteiger partial charge in [0.15, 0.2) is 0 Å². The predicted molar refractivity (Wildman–Crippen MR) is 102 cm³/mol. The molecule has 0 N–H and O–H groups in total. The number of furan rings is 1. The van der Waals surface area contributed by atoms with Crippen LogP contribution in [0.25, 0.3) is 12.2 Å². The Morgan fingerprint density at radius 1 is 0.960 bits per heavy atom. The smallest absolute Gasteiger partial charge is 0.137 e. The highest BCUT2D eigenvalue weighted by Gasteiger charge is 2.21. The molecule has 0 aliphatic carbocycles. The Labute approximate surface area is 147 Å². The van der Waals surface area contributed by atoms with Gasteiger partial charge in [0.1, 0.15) is 11.5 Å². The summed E-state index contributed by atoms with van der Waals surface area (Å²) in [6.07, 6.45) is 3.49. The maximum Gasteiger partial charge on any atom is 0.137 e. The van der Waals surface area contributed by atoms with Gasteiger partial charge in [0.25, 0.3) is 0 Å². The summed E-state index contributed by atoms with van der Waals surface area (Å²) in [5.41, 5.74) is 4.44. The van der Waals surface area contributed by atoms with E-state index in [9.17, 15) is 0 Å². The second kappa shape index (κ2) is 6.17. The van der Waals surface area contributed by atoms with Crippen molar-refractivity contribution in [2.24, 2.45) is 0 Å². The molecular weight excluding hydrogens is 310 g/mol. The number of nitrogens with zero attached hydrogens (tertiary/aromatic N) is 1. The van der Waals surface area contributed by atoms with Crippen molar-refractivity contribution in [3.63, 3.8) is 0 Å². The van der Waals surface area contributed by atoms with Crippen LogP contribution in [0, 0.1) is 0 Å². The van der Waals surface area contributed by atoms with E-state index < -0.39 is 0 Å². The van der Waals surface area contributed by atoms with Crippen LogP contribution in [-0.2, 0) is 0 Å². The highest BCUT2D eigenvalue weighted by molar-refractivity contribution is 5.85. The van der Waals surface area contributed by atoms with Crippen LogP contribution >= 0.6 is 0 Å².